The maximum atomic E-state index is 11.8. The lowest BCUT2D eigenvalue weighted by molar-refractivity contribution is -0.385. The Morgan fingerprint density at radius 2 is 2.33 bits per heavy atom. The number of nitrogens with one attached hydrogen (secondary N) is 1. The molecule has 18 heavy (non-hydrogen) atoms. The summed E-state index contributed by atoms with van der Waals surface area (Å²) in [5.41, 5.74) is 5.36. The quantitative estimate of drug-likeness (QED) is 0.600. The largest absolute Gasteiger partial charge is 0.383 e. The summed E-state index contributed by atoms with van der Waals surface area (Å²) in [6, 6.07) is 1.15. The van der Waals surface area contributed by atoms with Crippen LogP contribution in [0.5, 0.6) is 0 Å². The van der Waals surface area contributed by atoms with Crippen molar-refractivity contribution in [2.24, 2.45) is 5.92 Å². The van der Waals surface area contributed by atoms with Crippen LogP contribution in [-0.4, -0.2) is 22.4 Å². The summed E-state index contributed by atoms with van der Waals surface area (Å²) >= 11 is 0. The predicted octanol–water partition coefficient (Wildman–Crippen LogP) is 1.10. The predicted molar refractivity (Wildman–Crippen MR) is 65.0 cm³/mol. The minimum absolute atomic E-state index is 0.00419. The van der Waals surface area contributed by atoms with Crippen molar-refractivity contribution in [1.29, 1.82) is 0 Å². The Morgan fingerprint density at radius 3 is 2.94 bits per heavy atom. The molecule has 0 aliphatic heterocycles. The molecule has 96 valence electrons. The van der Waals surface area contributed by atoms with Gasteiger partial charge in [-0.1, -0.05) is 12.8 Å². The van der Waals surface area contributed by atoms with Crippen LogP contribution >= 0.6 is 0 Å². The minimum Gasteiger partial charge on any atom is -0.383 e. The molecule has 1 aliphatic carbocycles. The molecule has 0 radical (unpaired) electrons. The normalized spacial score (nSPS) is 14.2. The number of nitrogens with zero attached hydrogens (tertiary/aromatic N) is 2. The molecule has 3 N–H and O–H groups in total. The first-order chi connectivity index (χ1) is 8.58. The van der Waals surface area contributed by atoms with Crippen molar-refractivity contribution in [3.8, 4) is 0 Å². The van der Waals surface area contributed by atoms with Gasteiger partial charge in [-0.05, 0) is 12.3 Å². The summed E-state index contributed by atoms with van der Waals surface area (Å²) < 4.78 is 0. The van der Waals surface area contributed by atoms with Crippen LogP contribution in [0.2, 0.25) is 0 Å². The Morgan fingerprint density at radius 1 is 1.61 bits per heavy atom. The van der Waals surface area contributed by atoms with E-state index in [1.54, 1.807) is 0 Å². The number of nitrogen functional groups attached to an aromatic ring is 1. The molecule has 1 amide bonds. The van der Waals surface area contributed by atoms with Crippen LogP contribution in [0.3, 0.4) is 0 Å². The highest BCUT2D eigenvalue weighted by atomic mass is 16.6. The van der Waals surface area contributed by atoms with E-state index >= 15 is 0 Å². The molecule has 2 rings (SSSR count). The molecule has 1 aromatic rings. The number of hydrogen-bond acceptors (Lipinski definition) is 5. The summed E-state index contributed by atoms with van der Waals surface area (Å²) in [5.74, 6) is 0.305. The lowest BCUT2D eigenvalue weighted by atomic mass is 10.2. The number of pyridine rings is 1. The first-order valence-corrected chi connectivity index (χ1v) is 5.76. The molecular formula is C11H14N4O3. The Labute approximate surface area is 104 Å². The van der Waals surface area contributed by atoms with Gasteiger partial charge < -0.3 is 11.1 Å². The molecule has 1 saturated carbocycles. The standard InChI is InChI=1S/C11H14N4O3/c12-10-9(5-8(6-14-10)15(17)18)11(16)13-4-3-7-1-2-7/h5-7H,1-4H2,(H2,12,14)(H,13,16). The topological polar surface area (TPSA) is 111 Å². The molecule has 1 aromatic heterocycles. The van der Waals surface area contributed by atoms with Gasteiger partial charge in [0.25, 0.3) is 11.6 Å². The van der Waals surface area contributed by atoms with Gasteiger partial charge in [0.2, 0.25) is 0 Å². The third kappa shape index (κ3) is 2.93. The fourth-order valence-corrected chi connectivity index (χ4v) is 1.64. The highest BCUT2D eigenvalue weighted by molar-refractivity contribution is 5.98. The first-order valence-electron chi connectivity index (χ1n) is 5.76. The lowest BCUT2D eigenvalue weighted by Gasteiger charge is -2.06. The molecule has 1 heterocycles. The lowest BCUT2D eigenvalue weighted by Crippen LogP contribution is -2.26. The van der Waals surface area contributed by atoms with Crippen LogP contribution in [0, 0.1) is 16.0 Å². The molecule has 1 fully saturated rings. The van der Waals surface area contributed by atoms with Gasteiger partial charge in [-0.15, -0.1) is 0 Å². The molecule has 0 saturated heterocycles. The van der Waals surface area contributed by atoms with E-state index in [0.717, 1.165) is 18.7 Å². The van der Waals surface area contributed by atoms with Gasteiger partial charge in [0, 0.05) is 12.6 Å². The van der Waals surface area contributed by atoms with E-state index in [2.05, 4.69) is 10.3 Å². The third-order valence-corrected chi connectivity index (χ3v) is 2.89. The first kappa shape index (κ1) is 12.3. The number of nitro groups is 1. The van der Waals surface area contributed by atoms with Gasteiger partial charge >= 0.3 is 0 Å². The van der Waals surface area contributed by atoms with Crippen LogP contribution < -0.4 is 11.1 Å². The number of anilines is 1. The Hall–Kier alpha value is -2.18. The van der Waals surface area contributed by atoms with Gasteiger partial charge in [-0.2, -0.15) is 0 Å². The van der Waals surface area contributed by atoms with Crippen LogP contribution in [0.15, 0.2) is 12.3 Å². The van der Waals surface area contributed by atoms with Crippen LogP contribution in [-0.2, 0) is 0 Å². The zero-order chi connectivity index (χ0) is 13.1. The van der Waals surface area contributed by atoms with E-state index in [4.69, 9.17) is 5.73 Å². The number of aromatic nitrogens is 1. The van der Waals surface area contributed by atoms with E-state index in [1.807, 2.05) is 0 Å². The van der Waals surface area contributed by atoms with E-state index in [0.29, 0.717) is 12.5 Å². The van der Waals surface area contributed by atoms with Crippen molar-refractivity contribution in [1.82, 2.24) is 10.3 Å². The number of amides is 1. The van der Waals surface area contributed by atoms with Crippen LogP contribution in [0.25, 0.3) is 0 Å². The van der Waals surface area contributed by atoms with Gasteiger partial charge in [-0.3, -0.25) is 14.9 Å². The number of nitrogens with two attached hydrogens (primary N) is 1. The van der Waals surface area contributed by atoms with Gasteiger partial charge in [-0.25, -0.2) is 4.98 Å². The highest BCUT2D eigenvalue weighted by Crippen LogP contribution is 2.31. The van der Waals surface area contributed by atoms with Crippen molar-refractivity contribution >= 4 is 17.4 Å². The van der Waals surface area contributed by atoms with Crippen molar-refractivity contribution in [2.75, 3.05) is 12.3 Å². The minimum atomic E-state index is -0.604. The fraction of sp³-hybridized carbons (Fsp3) is 0.455. The second-order valence-corrected chi connectivity index (χ2v) is 4.37. The maximum absolute atomic E-state index is 11.8. The SMILES string of the molecule is Nc1ncc([N+](=O)[O-])cc1C(=O)NCCC1CC1. The molecule has 0 bridgehead atoms. The summed E-state index contributed by atoms with van der Waals surface area (Å²) in [7, 11) is 0. The highest BCUT2D eigenvalue weighted by Gasteiger charge is 2.21. The number of carbonyl (C=O) groups is 1. The molecule has 0 spiro atoms. The third-order valence-electron chi connectivity index (χ3n) is 2.89. The Balaban J connectivity index is 2.02. The average molecular weight is 250 g/mol. The van der Waals surface area contributed by atoms with Crippen molar-refractivity contribution < 1.29 is 9.72 Å². The summed E-state index contributed by atoms with van der Waals surface area (Å²) in [6.45, 7) is 0.561. The summed E-state index contributed by atoms with van der Waals surface area (Å²) in [6.07, 6.45) is 4.41. The maximum Gasteiger partial charge on any atom is 0.288 e. The Kier molecular flexibility index (Phi) is 3.40. The molecule has 0 atom stereocenters. The number of hydrogen-bond donors (Lipinski definition) is 2. The van der Waals surface area contributed by atoms with E-state index in [-0.39, 0.29) is 17.1 Å². The smallest absolute Gasteiger partial charge is 0.288 e. The van der Waals surface area contributed by atoms with Crippen LogP contribution in [0.1, 0.15) is 29.6 Å². The zero-order valence-corrected chi connectivity index (χ0v) is 9.76. The Bertz CT molecular complexity index is 485. The van der Waals surface area contributed by atoms with Gasteiger partial charge in [0.15, 0.2) is 0 Å². The van der Waals surface area contributed by atoms with Gasteiger partial charge in [0.1, 0.15) is 12.0 Å². The van der Waals surface area contributed by atoms with Gasteiger partial charge in [0.05, 0.1) is 10.5 Å². The second kappa shape index (κ2) is 4.99. The summed E-state index contributed by atoms with van der Waals surface area (Å²) in [5, 5.41) is 13.3. The van der Waals surface area contributed by atoms with Crippen molar-refractivity contribution in [3.05, 3.63) is 27.9 Å². The second-order valence-electron chi connectivity index (χ2n) is 4.37. The number of rotatable bonds is 5. The van der Waals surface area contributed by atoms with Crippen molar-refractivity contribution in [3.63, 3.8) is 0 Å². The summed E-state index contributed by atoms with van der Waals surface area (Å²) in [4.78, 5) is 25.4. The molecule has 7 nitrogen and oxygen atoms in total. The van der Waals surface area contributed by atoms with E-state index < -0.39 is 10.8 Å². The molecule has 0 aromatic carbocycles. The number of carbonyl (C=O) groups excluding carboxylic acids is 1. The molecular weight excluding hydrogens is 236 g/mol. The average Bonchev–Trinajstić information content (AvgIpc) is 3.13. The van der Waals surface area contributed by atoms with Crippen LogP contribution in [0.4, 0.5) is 11.5 Å². The van der Waals surface area contributed by atoms with E-state index in [1.165, 1.54) is 12.8 Å². The molecule has 7 heteroatoms. The van der Waals surface area contributed by atoms with E-state index in [9.17, 15) is 14.9 Å². The fourth-order valence-electron chi connectivity index (χ4n) is 1.64. The zero-order valence-electron chi connectivity index (χ0n) is 9.76. The molecule has 0 unspecified atom stereocenters. The monoisotopic (exact) mass is 250 g/mol. The molecule has 1 aliphatic rings. The van der Waals surface area contributed by atoms with Crippen molar-refractivity contribution in [2.45, 2.75) is 19.3 Å².